The Kier molecular flexibility index (Phi) is 4.67. The van der Waals surface area contributed by atoms with Gasteiger partial charge in [-0.25, -0.2) is 4.57 Å². The minimum absolute atomic E-state index is 1.17. The van der Waals surface area contributed by atoms with Gasteiger partial charge in [0.25, 0.3) is 5.82 Å². The molecule has 0 radical (unpaired) electrons. The van der Waals surface area contributed by atoms with E-state index >= 15 is 0 Å². The molecule has 0 fully saturated rings. The number of benzene rings is 3. The highest BCUT2D eigenvalue weighted by molar-refractivity contribution is 5.81. The fourth-order valence-electron chi connectivity index (χ4n) is 4.67. The maximum Gasteiger partial charge on any atom is 0.295 e. The summed E-state index contributed by atoms with van der Waals surface area (Å²) in [4.78, 5) is 4.32. The molecule has 0 atom stereocenters. The lowest BCUT2D eigenvalue weighted by Gasteiger charge is -2.13. The fraction of sp³-hybridized carbons (Fsp3) is 0.143. The maximum atomic E-state index is 4.32. The summed E-state index contributed by atoms with van der Waals surface area (Å²) >= 11 is 0. The minimum atomic E-state index is 1.17. The number of aryl methyl sites for hydroxylation is 4. The van der Waals surface area contributed by atoms with Crippen LogP contribution >= 0.6 is 0 Å². The van der Waals surface area contributed by atoms with Gasteiger partial charge >= 0.3 is 0 Å². The first-order valence-corrected chi connectivity index (χ1v) is 10.6. The average molecular weight is 405 g/mol. The summed E-state index contributed by atoms with van der Waals surface area (Å²) in [6.07, 6.45) is 3.82. The summed E-state index contributed by atoms with van der Waals surface area (Å²) in [7, 11) is 2.15. The Hall–Kier alpha value is -3.72. The zero-order chi connectivity index (χ0) is 21.5. The van der Waals surface area contributed by atoms with E-state index in [-0.39, 0.29) is 0 Å². The van der Waals surface area contributed by atoms with Gasteiger partial charge in [0, 0.05) is 12.4 Å². The normalized spacial score (nSPS) is 11.2. The second-order valence-electron chi connectivity index (χ2n) is 8.22. The second-order valence-corrected chi connectivity index (χ2v) is 8.22. The molecule has 3 heteroatoms. The van der Waals surface area contributed by atoms with Crippen molar-refractivity contribution in [3.63, 3.8) is 0 Å². The van der Waals surface area contributed by atoms with Crippen LogP contribution in [0.2, 0.25) is 0 Å². The third-order valence-electron chi connectivity index (χ3n) is 6.10. The zero-order valence-electron chi connectivity index (χ0n) is 18.4. The van der Waals surface area contributed by atoms with E-state index in [1.807, 2.05) is 12.4 Å². The van der Waals surface area contributed by atoms with Crippen LogP contribution in [0.25, 0.3) is 39.2 Å². The molecule has 152 valence electrons. The molecule has 0 saturated heterocycles. The molecule has 0 aliphatic carbocycles. The number of para-hydroxylation sites is 2. The lowest BCUT2D eigenvalue weighted by molar-refractivity contribution is -0.633. The summed E-state index contributed by atoms with van der Waals surface area (Å²) in [5.74, 6) is 1.17. The molecular weight excluding hydrogens is 378 g/mol. The van der Waals surface area contributed by atoms with E-state index < -0.39 is 0 Å². The van der Waals surface area contributed by atoms with Gasteiger partial charge in [0.2, 0.25) is 0 Å². The topological polar surface area (TPSA) is 21.7 Å². The second kappa shape index (κ2) is 7.51. The molecule has 0 saturated carbocycles. The minimum Gasteiger partial charge on any atom is -0.264 e. The van der Waals surface area contributed by atoms with E-state index in [1.54, 1.807) is 0 Å². The highest BCUT2D eigenvalue weighted by atomic mass is 15.2. The van der Waals surface area contributed by atoms with Crippen molar-refractivity contribution in [1.29, 1.82) is 0 Å². The van der Waals surface area contributed by atoms with Crippen molar-refractivity contribution in [2.24, 2.45) is 7.05 Å². The van der Waals surface area contributed by atoms with Crippen LogP contribution in [0, 0.1) is 20.8 Å². The molecule has 3 aromatic carbocycles. The Morgan fingerprint density at radius 3 is 2.13 bits per heavy atom. The summed E-state index contributed by atoms with van der Waals surface area (Å²) < 4.78 is 4.71. The van der Waals surface area contributed by atoms with Crippen molar-refractivity contribution in [3.8, 4) is 28.2 Å². The SMILES string of the molecule is Cc1cnccc1-c1n(-c2c(C)cc(-c3ccccc3)cc2C)c2ccccc2[n+]1C. The van der Waals surface area contributed by atoms with Crippen molar-refractivity contribution in [2.45, 2.75) is 20.8 Å². The van der Waals surface area contributed by atoms with Crippen LogP contribution in [-0.2, 0) is 7.05 Å². The predicted octanol–water partition coefficient (Wildman–Crippen LogP) is 6.11. The van der Waals surface area contributed by atoms with Gasteiger partial charge in [-0.1, -0.05) is 42.5 Å². The maximum absolute atomic E-state index is 4.32. The molecule has 5 aromatic rings. The summed E-state index contributed by atoms with van der Waals surface area (Å²) in [5.41, 5.74) is 11.0. The predicted molar refractivity (Wildman–Crippen MR) is 127 cm³/mol. The number of fused-ring (bicyclic) bond motifs is 1. The molecule has 0 unspecified atom stereocenters. The van der Waals surface area contributed by atoms with Crippen LogP contribution in [-0.4, -0.2) is 9.55 Å². The average Bonchev–Trinajstić information content (AvgIpc) is 3.07. The number of hydrogen-bond acceptors (Lipinski definition) is 1. The van der Waals surface area contributed by atoms with Gasteiger partial charge in [0.15, 0.2) is 11.0 Å². The van der Waals surface area contributed by atoms with E-state index in [4.69, 9.17) is 0 Å². The molecule has 0 bridgehead atoms. The van der Waals surface area contributed by atoms with E-state index in [0.717, 1.165) is 0 Å². The summed E-state index contributed by atoms with van der Waals surface area (Å²) in [6, 6.07) is 25.9. The van der Waals surface area contributed by atoms with Gasteiger partial charge in [0.1, 0.15) is 5.69 Å². The van der Waals surface area contributed by atoms with Gasteiger partial charge < -0.3 is 0 Å². The highest BCUT2D eigenvalue weighted by Crippen LogP contribution is 2.34. The quantitative estimate of drug-likeness (QED) is 0.333. The van der Waals surface area contributed by atoms with Crippen molar-refractivity contribution in [2.75, 3.05) is 0 Å². The number of pyridine rings is 1. The van der Waals surface area contributed by atoms with Crippen molar-refractivity contribution < 1.29 is 4.57 Å². The molecule has 0 aliphatic heterocycles. The van der Waals surface area contributed by atoms with Crippen LogP contribution < -0.4 is 4.57 Å². The van der Waals surface area contributed by atoms with Crippen molar-refractivity contribution in [1.82, 2.24) is 9.55 Å². The first kappa shape index (κ1) is 19.3. The molecule has 0 aliphatic rings. The number of rotatable bonds is 3. The van der Waals surface area contributed by atoms with E-state index in [0.29, 0.717) is 0 Å². The zero-order valence-corrected chi connectivity index (χ0v) is 18.4. The number of aromatic nitrogens is 3. The Morgan fingerprint density at radius 2 is 1.42 bits per heavy atom. The molecule has 0 N–H and O–H groups in total. The van der Waals surface area contributed by atoms with Crippen LogP contribution in [0.15, 0.2) is 85.2 Å². The highest BCUT2D eigenvalue weighted by Gasteiger charge is 2.28. The van der Waals surface area contributed by atoms with Gasteiger partial charge in [-0.15, -0.1) is 0 Å². The Balaban J connectivity index is 1.84. The van der Waals surface area contributed by atoms with Gasteiger partial charge in [-0.05, 0) is 78.9 Å². The van der Waals surface area contributed by atoms with Crippen LogP contribution in [0.4, 0.5) is 0 Å². The Morgan fingerprint density at radius 1 is 0.742 bits per heavy atom. The van der Waals surface area contributed by atoms with Crippen molar-refractivity contribution in [3.05, 3.63) is 102 Å². The Bertz CT molecular complexity index is 1390. The van der Waals surface area contributed by atoms with Crippen LogP contribution in [0.3, 0.4) is 0 Å². The van der Waals surface area contributed by atoms with Crippen LogP contribution in [0.1, 0.15) is 16.7 Å². The summed E-state index contributed by atoms with van der Waals surface area (Å²) in [6.45, 7) is 6.56. The fourth-order valence-corrected chi connectivity index (χ4v) is 4.67. The van der Waals surface area contributed by atoms with E-state index in [2.05, 4.69) is 115 Å². The molecule has 5 rings (SSSR count). The van der Waals surface area contributed by atoms with E-state index in [9.17, 15) is 0 Å². The van der Waals surface area contributed by atoms with Gasteiger partial charge in [0.05, 0.1) is 12.6 Å². The monoisotopic (exact) mass is 404 g/mol. The van der Waals surface area contributed by atoms with Crippen LogP contribution in [0.5, 0.6) is 0 Å². The smallest absolute Gasteiger partial charge is 0.264 e. The summed E-state index contributed by atoms with van der Waals surface area (Å²) in [5, 5.41) is 0. The third kappa shape index (κ3) is 3.14. The van der Waals surface area contributed by atoms with Crippen molar-refractivity contribution >= 4 is 11.0 Å². The molecule has 31 heavy (non-hydrogen) atoms. The molecule has 0 amide bonds. The number of nitrogens with zero attached hydrogens (tertiary/aromatic N) is 3. The molecule has 0 spiro atoms. The molecule has 2 aromatic heterocycles. The molecular formula is C28H26N3+. The number of imidazole rings is 1. The Labute approximate surface area is 183 Å². The largest absolute Gasteiger partial charge is 0.295 e. The van der Waals surface area contributed by atoms with E-state index in [1.165, 1.54) is 55.9 Å². The van der Waals surface area contributed by atoms with Gasteiger partial charge in [-0.2, -0.15) is 4.57 Å². The standard InChI is InChI=1S/C28H26N3/c1-19-16-23(22-10-6-5-7-11-22)17-20(2)27(19)31-26-13-9-8-12-25(26)30(4)28(31)24-14-15-29-18-21(24)3/h5-18H,1-4H3/q+1. The lowest BCUT2D eigenvalue weighted by Crippen LogP contribution is -2.30. The third-order valence-corrected chi connectivity index (χ3v) is 6.10. The molecule has 3 nitrogen and oxygen atoms in total. The first-order chi connectivity index (χ1) is 15.1. The molecule has 2 heterocycles. The van der Waals surface area contributed by atoms with Gasteiger partial charge in [-0.3, -0.25) is 4.98 Å². The first-order valence-electron chi connectivity index (χ1n) is 10.6. The lowest BCUT2D eigenvalue weighted by atomic mass is 9.98. The number of hydrogen-bond donors (Lipinski definition) is 0.